The number of sulfone groups is 2. The lowest BCUT2D eigenvalue weighted by Crippen LogP contribution is -2.52. The van der Waals surface area contributed by atoms with Crippen molar-refractivity contribution in [3.8, 4) is 0 Å². The van der Waals surface area contributed by atoms with Gasteiger partial charge in [0.05, 0.1) is 29.6 Å². The number of carbonyl (C=O) groups is 1. The molecule has 2 aliphatic heterocycles. The van der Waals surface area contributed by atoms with Crippen LogP contribution in [-0.4, -0.2) is 86.8 Å². The third kappa shape index (κ3) is 5.23. The molecule has 0 aromatic carbocycles. The predicted octanol–water partition coefficient (Wildman–Crippen LogP) is 0.844. The zero-order chi connectivity index (χ0) is 19.7. The van der Waals surface area contributed by atoms with Crippen molar-refractivity contribution >= 4 is 25.6 Å². The van der Waals surface area contributed by atoms with Gasteiger partial charge in [0.25, 0.3) is 0 Å². The van der Waals surface area contributed by atoms with E-state index in [2.05, 4.69) is 0 Å². The maximum Gasteiger partial charge on any atom is 0.237 e. The average Bonchev–Trinajstić information content (AvgIpc) is 3.29. The Bertz CT molecular complexity index is 744. The molecule has 0 aromatic rings. The van der Waals surface area contributed by atoms with Gasteiger partial charge < -0.3 is 4.90 Å². The molecule has 156 valence electrons. The topological polar surface area (TPSA) is 91.8 Å². The molecule has 2 saturated heterocycles. The molecule has 3 aliphatic rings. The van der Waals surface area contributed by atoms with Gasteiger partial charge in [-0.05, 0) is 38.6 Å². The summed E-state index contributed by atoms with van der Waals surface area (Å²) in [5, 5.41) is 0. The average molecular weight is 421 g/mol. The number of rotatable bonds is 7. The van der Waals surface area contributed by atoms with E-state index in [9.17, 15) is 21.6 Å². The lowest BCUT2D eigenvalue weighted by atomic mass is 10.1. The highest BCUT2D eigenvalue weighted by Crippen LogP contribution is 2.30. The minimum absolute atomic E-state index is 0.0262. The van der Waals surface area contributed by atoms with Crippen LogP contribution in [0.5, 0.6) is 0 Å². The SMILES string of the molecule is CCCN(CC(=O)N(C1CCCC1)C1CCS(=O)(=O)C1)C1CCS(=O)(=O)C1. The van der Waals surface area contributed by atoms with Crippen molar-refractivity contribution in [3.63, 3.8) is 0 Å². The van der Waals surface area contributed by atoms with Crippen molar-refractivity contribution in [1.29, 1.82) is 0 Å². The molecule has 3 fully saturated rings. The Kier molecular flexibility index (Phi) is 6.52. The van der Waals surface area contributed by atoms with Gasteiger partial charge in [0.2, 0.25) is 5.91 Å². The first-order valence-corrected chi connectivity index (χ1v) is 13.8. The minimum Gasteiger partial charge on any atom is -0.335 e. The summed E-state index contributed by atoms with van der Waals surface area (Å²) in [4.78, 5) is 17.1. The fraction of sp³-hybridized carbons (Fsp3) is 0.944. The van der Waals surface area contributed by atoms with E-state index in [4.69, 9.17) is 0 Å². The molecule has 0 bridgehead atoms. The Hall–Kier alpha value is -0.670. The second-order valence-corrected chi connectivity index (χ2v) is 12.8. The molecule has 2 unspecified atom stereocenters. The first-order chi connectivity index (χ1) is 12.7. The van der Waals surface area contributed by atoms with Crippen LogP contribution in [0, 0.1) is 0 Å². The van der Waals surface area contributed by atoms with E-state index < -0.39 is 19.7 Å². The molecule has 9 heteroatoms. The van der Waals surface area contributed by atoms with Gasteiger partial charge in [0, 0.05) is 18.1 Å². The Labute approximate surface area is 163 Å². The molecule has 0 spiro atoms. The molecule has 2 atom stereocenters. The highest BCUT2D eigenvalue weighted by molar-refractivity contribution is 7.91. The maximum atomic E-state index is 13.3. The van der Waals surface area contributed by atoms with Crippen LogP contribution in [0.15, 0.2) is 0 Å². The van der Waals surface area contributed by atoms with E-state index in [0.29, 0.717) is 19.4 Å². The molecule has 0 radical (unpaired) electrons. The van der Waals surface area contributed by atoms with Gasteiger partial charge >= 0.3 is 0 Å². The molecular formula is C18H32N2O5S2. The third-order valence-corrected chi connectivity index (χ3v) is 9.68. The smallest absolute Gasteiger partial charge is 0.237 e. The predicted molar refractivity (Wildman–Crippen MR) is 105 cm³/mol. The summed E-state index contributed by atoms with van der Waals surface area (Å²) in [6, 6.07) is -0.190. The van der Waals surface area contributed by atoms with E-state index in [1.54, 1.807) is 0 Å². The molecule has 1 amide bonds. The van der Waals surface area contributed by atoms with Crippen molar-refractivity contribution < 1.29 is 21.6 Å². The van der Waals surface area contributed by atoms with Gasteiger partial charge in [-0.1, -0.05) is 19.8 Å². The van der Waals surface area contributed by atoms with Crippen molar-refractivity contribution in [2.24, 2.45) is 0 Å². The zero-order valence-corrected chi connectivity index (χ0v) is 17.8. The summed E-state index contributed by atoms with van der Waals surface area (Å²) in [5.41, 5.74) is 0. The standard InChI is InChI=1S/C18H32N2O5S2/c1-2-9-19(16-7-10-26(22,23)13-16)12-18(21)20(15-5-3-4-6-15)17-8-11-27(24,25)14-17/h15-17H,2-14H2,1H3. The van der Waals surface area contributed by atoms with E-state index in [1.807, 2.05) is 16.7 Å². The minimum atomic E-state index is -3.06. The number of nitrogens with zero attached hydrogens (tertiary/aromatic N) is 2. The van der Waals surface area contributed by atoms with Crippen LogP contribution in [0.1, 0.15) is 51.9 Å². The monoisotopic (exact) mass is 420 g/mol. The Balaban J connectivity index is 1.74. The van der Waals surface area contributed by atoms with Gasteiger partial charge in [0.1, 0.15) is 0 Å². The summed E-state index contributed by atoms with van der Waals surface area (Å²) in [6.45, 7) is 2.91. The molecule has 27 heavy (non-hydrogen) atoms. The van der Waals surface area contributed by atoms with Crippen LogP contribution in [0.4, 0.5) is 0 Å². The Morgan fingerprint density at radius 2 is 1.41 bits per heavy atom. The van der Waals surface area contributed by atoms with Gasteiger partial charge in [-0.3, -0.25) is 9.69 Å². The number of amides is 1. The number of hydrogen-bond acceptors (Lipinski definition) is 6. The van der Waals surface area contributed by atoms with E-state index in [1.165, 1.54) is 0 Å². The van der Waals surface area contributed by atoms with Gasteiger partial charge in [-0.25, -0.2) is 16.8 Å². The molecular weight excluding hydrogens is 388 g/mol. The molecule has 0 aromatic heterocycles. The Morgan fingerprint density at radius 1 is 0.852 bits per heavy atom. The van der Waals surface area contributed by atoms with Gasteiger partial charge in [0.15, 0.2) is 19.7 Å². The van der Waals surface area contributed by atoms with Crippen molar-refractivity contribution in [2.45, 2.75) is 70.0 Å². The summed E-state index contributed by atoms with van der Waals surface area (Å²) in [6.07, 6.45) is 5.99. The van der Waals surface area contributed by atoms with Crippen molar-refractivity contribution in [3.05, 3.63) is 0 Å². The summed E-state index contributed by atoms with van der Waals surface area (Å²) in [7, 11) is -6.07. The summed E-state index contributed by atoms with van der Waals surface area (Å²) >= 11 is 0. The van der Waals surface area contributed by atoms with Gasteiger partial charge in [-0.2, -0.15) is 0 Å². The second-order valence-electron chi connectivity index (χ2n) is 8.32. The molecule has 1 saturated carbocycles. The van der Waals surface area contributed by atoms with Crippen molar-refractivity contribution in [2.75, 3.05) is 36.1 Å². The maximum absolute atomic E-state index is 13.3. The second kappa shape index (κ2) is 8.37. The summed E-state index contributed by atoms with van der Waals surface area (Å²) < 4.78 is 47.7. The van der Waals surface area contributed by atoms with Crippen molar-refractivity contribution in [1.82, 2.24) is 9.80 Å². The van der Waals surface area contributed by atoms with E-state index >= 15 is 0 Å². The highest BCUT2D eigenvalue weighted by atomic mass is 32.2. The van der Waals surface area contributed by atoms with Crippen LogP contribution in [-0.2, 0) is 24.5 Å². The van der Waals surface area contributed by atoms with Crippen LogP contribution in [0.3, 0.4) is 0 Å². The van der Waals surface area contributed by atoms with Crippen LogP contribution in [0.25, 0.3) is 0 Å². The fourth-order valence-corrected chi connectivity index (χ4v) is 8.35. The number of carbonyl (C=O) groups excluding carboxylic acids is 1. The number of hydrogen-bond donors (Lipinski definition) is 0. The van der Waals surface area contributed by atoms with Crippen LogP contribution >= 0.6 is 0 Å². The van der Waals surface area contributed by atoms with E-state index in [-0.39, 0.29) is 53.6 Å². The highest BCUT2D eigenvalue weighted by Gasteiger charge is 2.40. The van der Waals surface area contributed by atoms with Crippen LogP contribution < -0.4 is 0 Å². The van der Waals surface area contributed by atoms with Crippen LogP contribution in [0.2, 0.25) is 0 Å². The molecule has 3 rings (SSSR count). The lowest BCUT2D eigenvalue weighted by Gasteiger charge is -2.37. The third-order valence-electron chi connectivity index (χ3n) is 6.18. The first-order valence-electron chi connectivity index (χ1n) is 10.2. The quantitative estimate of drug-likeness (QED) is 0.606. The molecule has 1 aliphatic carbocycles. The Morgan fingerprint density at radius 3 is 1.89 bits per heavy atom. The molecule has 2 heterocycles. The fourth-order valence-electron chi connectivity index (χ4n) is 4.88. The van der Waals surface area contributed by atoms with E-state index in [0.717, 1.165) is 32.1 Å². The normalized spacial score (nSPS) is 30.1. The van der Waals surface area contributed by atoms with Gasteiger partial charge in [-0.15, -0.1) is 0 Å². The zero-order valence-electron chi connectivity index (χ0n) is 16.2. The molecule has 7 nitrogen and oxygen atoms in total. The summed E-state index contributed by atoms with van der Waals surface area (Å²) in [5.74, 6) is 0.525. The first kappa shape index (κ1) is 21.0. The largest absolute Gasteiger partial charge is 0.335 e. The molecule has 0 N–H and O–H groups in total. The lowest BCUT2D eigenvalue weighted by molar-refractivity contribution is -0.137.